The summed E-state index contributed by atoms with van der Waals surface area (Å²) in [6, 6.07) is -0.218. The van der Waals surface area contributed by atoms with Gasteiger partial charge in [-0.2, -0.15) is 0 Å². The van der Waals surface area contributed by atoms with E-state index in [1.807, 2.05) is 0 Å². The van der Waals surface area contributed by atoms with Crippen molar-refractivity contribution in [1.82, 2.24) is 4.90 Å². The Labute approximate surface area is 98.8 Å². The zero-order valence-corrected chi connectivity index (χ0v) is 10.5. The molecule has 0 bridgehead atoms. The zero-order chi connectivity index (χ0) is 11.8. The van der Waals surface area contributed by atoms with E-state index in [1.165, 1.54) is 25.7 Å². The molecule has 3 nitrogen and oxygen atoms in total. The van der Waals surface area contributed by atoms with E-state index < -0.39 is 5.97 Å². The smallest absolute Gasteiger partial charge is 0.320 e. The van der Waals surface area contributed by atoms with Crippen LogP contribution in [0, 0.1) is 0 Å². The maximum atomic E-state index is 11.2. The Morgan fingerprint density at radius 2 is 2.06 bits per heavy atom. The number of nitrogens with zero attached hydrogens (tertiary/aromatic N) is 1. The molecule has 1 saturated heterocycles. The van der Waals surface area contributed by atoms with Gasteiger partial charge in [-0.25, -0.2) is 0 Å². The molecule has 1 rings (SSSR count). The van der Waals surface area contributed by atoms with Crippen molar-refractivity contribution in [1.29, 1.82) is 0 Å². The monoisotopic (exact) mass is 227 g/mol. The Balaban J connectivity index is 2.35. The Kier molecular flexibility index (Phi) is 6.46. The lowest BCUT2D eigenvalue weighted by Crippen LogP contribution is -2.41. The molecule has 0 spiro atoms. The van der Waals surface area contributed by atoms with E-state index >= 15 is 0 Å². The van der Waals surface area contributed by atoms with E-state index in [4.69, 9.17) is 0 Å². The van der Waals surface area contributed by atoms with E-state index in [2.05, 4.69) is 11.8 Å². The molecule has 0 radical (unpaired) electrons. The fourth-order valence-electron chi connectivity index (χ4n) is 2.46. The summed E-state index contributed by atoms with van der Waals surface area (Å²) in [6.07, 6.45) is 9.16. The van der Waals surface area contributed by atoms with Crippen LogP contribution in [0.15, 0.2) is 0 Å². The Morgan fingerprint density at radius 1 is 1.25 bits per heavy atom. The predicted molar refractivity (Wildman–Crippen MR) is 65.6 cm³/mol. The van der Waals surface area contributed by atoms with E-state index in [1.54, 1.807) is 0 Å². The molecule has 94 valence electrons. The quantitative estimate of drug-likeness (QED) is 0.709. The number of unbranched alkanes of at least 4 members (excludes halogenated alkanes) is 3. The van der Waals surface area contributed by atoms with Crippen LogP contribution in [-0.4, -0.2) is 35.1 Å². The standard InChI is InChI=1S/C13H25NO2/c1-2-3-4-7-10-14-11-8-5-6-9-12(14)13(15)16/h12H,2-11H2,1H3,(H,15,16). The molecule has 0 aromatic heterocycles. The Hall–Kier alpha value is -0.570. The van der Waals surface area contributed by atoms with Crippen molar-refractivity contribution in [2.45, 2.75) is 64.3 Å². The van der Waals surface area contributed by atoms with Gasteiger partial charge >= 0.3 is 5.97 Å². The van der Waals surface area contributed by atoms with Gasteiger partial charge in [0.15, 0.2) is 0 Å². The third-order valence-electron chi connectivity index (χ3n) is 3.45. The second-order valence-electron chi connectivity index (χ2n) is 4.80. The Morgan fingerprint density at radius 3 is 2.75 bits per heavy atom. The van der Waals surface area contributed by atoms with Gasteiger partial charge in [0, 0.05) is 0 Å². The summed E-state index contributed by atoms with van der Waals surface area (Å²) in [5.74, 6) is -0.627. The summed E-state index contributed by atoms with van der Waals surface area (Å²) in [4.78, 5) is 13.4. The molecule has 0 saturated carbocycles. The van der Waals surface area contributed by atoms with Crippen LogP contribution in [0.25, 0.3) is 0 Å². The molecule has 1 heterocycles. The van der Waals surface area contributed by atoms with Gasteiger partial charge in [0.1, 0.15) is 6.04 Å². The van der Waals surface area contributed by atoms with Crippen molar-refractivity contribution in [3.63, 3.8) is 0 Å². The first-order valence-corrected chi connectivity index (χ1v) is 6.72. The molecule has 0 amide bonds. The van der Waals surface area contributed by atoms with Crippen molar-refractivity contribution in [2.24, 2.45) is 0 Å². The third-order valence-corrected chi connectivity index (χ3v) is 3.45. The van der Waals surface area contributed by atoms with Gasteiger partial charge in [0.05, 0.1) is 0 Å². The van der Waals surface area contributed by atoms with Gasteiger partial charge in [-0.1, -0.05) is 39.0 Å². The summed E-state index contributed by atoms with van der Waals surface area (Å²) in [5.41, 5.74) is 0. The minimum Gasteiger partial charge on any atom is -0.480 e. The van der Waals surface area contributed by atoms with Crippen LogP contribution in [0.5, 0.6) is 0 Å². The number of carbonyl (C=O) groups is 1. The number of carboxylic acids is 1. The highest BCUT2D eigenvalue weighted by atomic mass is 16.4. The number of carboxylic acid groups (broad SMARTS) is 1. The molecule has 1 unspecified atom stereocenters. The minimum atomic E-state index is -0.627. The van der Waals surface area contributed by atoms with Crippen LogP contribution in [0.3, 0.4) is 0 Å². The first-order chi connectivity index (χ1) is 7.75. The lowest BCUT2D eigenvalue weighted by atomic mass is 10.1. The van der Waals surface area contributed by atoms with E-state index in [0.29, 0.717) is 0 Å². The Bertz CT molecular complexity index is 206. The summed E-state index contributed by atoms with van der Waals surface area (Å²) in [7, 11) is 0. The minimum absolute atomic E-state index is 0.218. The average molecular weight is 227 g/mol. The van der Waals surface area contributed by atoms with E-state index in [9.17, 15) is 9.90 Å². The fraction of sp³-hybridized carbons (Fsp3) is 0.923. The number of rotatable bonds is 6. The third kappa shape index (κ3) is 4.52. The summed E-state index contributed by atoms with van der Waals surface area (Å²) in [6.45, 7) is 4.14. The van der Waals surface area contributed by atoms with Gasteiger partial charge in [-0.15, -0.1) is 0 Å². The molecular formula is C13H25NO2. The number of hydrogen-bond acceptors (Lipinski definition) is 2. The molecule has 0 aliphatic carbocycles. The van der Waals surface area contributed by atoms with Crippen LogP contribution in [0.1, 0.15) is 58.3 Å². The largest absolute Gasteiger partial charge is 0.480 e. The highest BCUT2D eigenvalue weighted by molar-refractivity contribution is 5.73. The zero-order valence-electron chi connectivity index (χ0n) is 10.5. The number of aliphatic carboxylic acids is 1. The first-order valence-electron chi connectivity index (χ1n) is 6.72. The van der Waals surface area contributed by atoms with Gasteiger partial charge in [-0.05, 0) is 32.4 Å². The molecule has 1 N–H and O–H groups in total. The molecule has 1 fully saturated rings. The molecule has 1 aliphatic heterocycles. The van der Waals surface area contributed by atoms with Gasteiger partial charge in [-0.3, -0.25) is 9.69 Å². The molecule has 3 heteroatoms. The molecule has 0 aromatic rings. The topological polar surface area (TPSA) is 40.5 Å². The van der Waals surface area contributed by atoms with Crippen molar-refractivity contribution in [3.05, 3.63) is 0 Å². The van der Waals surface area contributed by atoms with Crippen LogP contribution < -0.4 is 0 Å². The van der Waals surface area contributed by atoms with Crippen molar-refractivity contribution < 1.29 is 9.90 Å². The highest BCUT2D eigenvalue weighted by Gasteiger charge is 2.26. The molecule has 16 heavy (non-hydrogen) atoms. The number of likely N-dealkylation sites (tertiary alicyclic amines) is 1. The second-order valence-corrected chi connectivity index (χ2v) is 4.80. The molecule has 1 aliphatic rings. The van der Waals surface area contributed by atoms with Gasteiger partial charge in [0.25, 0.3) is 0 Å². The maximum absolute atomic E-state index is 11.2. The number of hydrogen-bond donors (Lipinski definition) is 1. The second kappa shape index (κ2) is 7.66. The maximum Gasteiger partial charge on any atom is 0.320 e. The van der Waals surface area contributed by atoms with Crippen LogP contribution >= 0.6 is 0 Å². The first kappa shape index (κ1) is 13.5. The molecule has 0 aromatic carbocycles. The average Bonchev–Trinajstić information content (AvgIpc) is 2.49. The molecular weight excluding hydrogens is 202 g/mol. The molecule has 1 atom stereocenters. The van der Waals surface area contributed by atoms with Gasteiger partial charge in [0.2, 0.25) is 0 Å². The predicted octanol–water partition coefficient (Wildman–Crippen LogP) is 2.90. The van der Waals surface area contributed by atoms with Crippen LogP contribution in [0.2, 0.25) is 0 Å². The van der Waals surface area contributed by atoms with Crippen LogP contribution in [0.4, 0.5) is 0 Å². The highest BCUT2D eigenvalue weighted by Crippen LogP contribution is 2.17. The van der Waals surface area contributed by atoms with E-state index in [0.717, 1.165) is 38.8 Å². The SMILES string of the molecule is CCCCCCN1CCCCCC1C(=O)O. The van der Waals surface area contributed by atoms with Crippen molar-refractivity contribution in [2.75, 3.05) is 13.1 Å². The summed E-state index contributed by atoms with van der Waals surface area (Å²) in [5, 5.41) is 9.19. The van der Waals surface area contributed by atoms with Crippen molar-refractivity contribution in [3.8, 4) is 0 Å². The van der Waals surface area contributed by atoms with Crippen LogP contribution in [-0.2, 0) is 4.79 Å². The lowest BCUT2D eigenvalue weighted by molar-refractivity contribution is -0.143. The normalized spacial score (nSPS) is 22.9. The summed E-state index contributed by atoms with van der Waals surface area (Å²) < 4.78 is 0. The lowest BCUT2D eigenvalue weighted by Gasteiger charge is -2.26. The van der Waals surface area contributed by atoms with Gasteiger partial charge < -0.3 is 5.11 Å². The van der Waals surface area contributed by atoms with Crippen molar-refractivity contribution >= 4 is 5.97 Å². The summed E-state index contributed by atoms with van der Waals surface area (Å²) >= 11 is 0. The fourth-order valence-corrected chi connectivity index (χ4v) is 2.46. The van der Waals surface area contributed by atoms with E-state index in [-0.39, 0.29) is 6.04 Å².